The number of sulfonamides is 1. The van der Waals surface area contributed by atoms with E-state index in [1.807, 2.05) is 42.6 Å². The molecule has 0 saturated carbocycles. The van der Waals surface area contributed by atoms with Gasteiger partial charge in [-0.25, -0.2) is 13.4 Å². The van der Waals surface area contributed by atoms with Crippen LogP contribution >= 0.6 is 22.9 Å². The fraction of sp³-hybridized carbons (Fsp3) is 0.118. The SMILES string of the molecule is Cc1cc(Cl)ccc1Nc1nc(-c2ccc(NS(C)(=O)=O)cc2)cs1. The number of anilines is 3. The zero-order chi connectivity index (χ0) is 18.0. The lowest BCUT2D eigenvalue weighted by molar-refractivity contribution is 0.607. The number of hydrogen-bond acceptors (Lipinski definition) is 5. The summed E-state index contributed by atoms with van der Waals surface area (Å²) in [4.78, 5) is 4.58. The molecule has 0 radical (unpaired) electrons. The minimum atomic E-state index is -3.28. The van der Waals surface area contributed by atoms with Crippen molar-refractivity contribution in [1.82, 2.24) is 4.98 Å². The van der Waals surface area contributed by atoms with Crippen molar-refractivity contribution in [3.63, 3.8) is 0 Å². The molecule has 3 rings (SSSR count). The Morgan fingerprint density at radius 2 is 1.84 bits per heavy atom. The van der Waals surface area contributed by atoms with E-state index in [9.17, 15) is 8.42 Å². The predicted molar refractivity (Wildman–Crippen MR) is 105 cm³/mol. The number of aromatic nitrogens is 1. The van der Waals surface area contributed by atoms with Crippen LogP contribution in [0.1, 0.15) is 5.56 Å². The van der Waals surface area contributed by atoms with Gasteiger partial charge in [-0.15, -0.1) is 11.3 Å². The van der Waals surface area contributed by atoms with Crippen molar-refractivity contribution in [3.8, 4) is 11.3 Å². The fourth-order valence-corrected chi connectivity index (χ4v) is 3.79. The highest BCUT2D eigenvalue weighted by molar-refractivity contribution is 7.92. The van der Waals surface area contributed by atoms with E-state index in [0.29, 0.717) is 10.7 Å². The second-order valence-electron chi connectivity index (χ2n) is 5.57. The second kappa shape index (κ2) is 7.03. The highest BCUT2D eigenvalue weighted by Crippen LogP contribution is 2.29. The van der Waals surface area contributed by atoms with Crippen LogP contribution in [0.2, 0.25) is 5.02 Å². The van der Waals surface area contributed by atoms with E-state index < -0.39 is 10.0 Å². The summed E-state index contributed by atoms with van der Waals surface area (Å²) >= 11 is 7.47. The highest BCUT2D eigenvalue weighted by atomic mass is 35.5. The third-order valence-corrected chi connectivity index (χ3v) is 5.02. The topological polar surface area (TPSA) is 71.1 Å². The van der Waals surface area contributed by atoms with Crippen molar-refractivity contribution in [1.29, 1.82) is 0 Å². The van der Waals surface area contributed by atoms with E-state index in [1.165, 1.54) is 11.3 Å². The smallest absolute Gasteiger partial charge is 0.229 e. The first-order valence-corrected chi connectivity index (χ1v) is 10.5. The molecule has 0 unspecified atom stereocenters. The maximum absolute atomic E-state index is 11.2. The Morgan fingerprint density at radius 1 is 1.12 bits per heavy atom. The van der Waals surface area contributed by atoms with Crippen LogP contribution in [-0.4, -0.2) is 19.7 Å². The van der Waals surface area contributed by atoms with E-state index in [2.05, 4.69) is 15.0 Å². The molecular formula is C17H16ClN3O2S2. The Kier molecular flexibility index (Phi) is 4.99. The van der Waals surface area contributed by atoms with E-state index >= 15 is 0 Å². The number of halogens is 1. The Morgan fingerprint density at radius 3 is 2.48 bits per heavy atom. The highest BCUT2D eigenvalue weighted by Gasteiger charge is 2.08. The molecule has 1 aromatic heterocycles. The molecule has 0 aliphatic carbocycles. The minimum absolute atomic E-state index is 0.525. The second-order valence-corrected chi connectivity index (χ2v) is 8.62. The summed E-state index contributed by atoms with van der Waals surface area (Å²) < 4.78 is 24.9. The number of nitrogens with one attached hydrogen (secondary N) is 2. The Bertz CT molecular complexity index is 999. The number of benzene rings is 2. The van der Waals surface area contributed by atoms with Crippen LogP contribution in [-0.2, 0) is 10.0 Å². The van der Waals surface area contributed by atoms with Crippen LogP contribution in [0.5, 0.6) is 0 Å². The third-order valence-electron chi connectivity index (χ3n) is 3.42. The average molecular weight is 394 g/mol. The quantitative estimate of drug-likeness (QED) is 0.647. The van der Waals surface area contributed by atoms with Gasteiger partial charge in [0.25, 0.3) is 0 Å². The van der Waals surface area contributed by atoms with Crippen LogP contribution in [0.25, 0.3) is 11.3 Å². The molecule has 3 aromatic rings. The molecule has 0 spiro atoms. The van der Waals surface area contributed by atoms with Gasteiger partial charge in [0.1, 0.15) is 0 Å². The van der Waals surface area contributed by atoms with Gasteiger partial charge in [-0.3, -0.25) is 4.72 Å². The fourth-order valence-electron chi connectivity index (χ4n) is 2.27. The molecule has 1 heterocycles. The first-order chi connectivity index (χ1) is 11.8. The third kappa shape index (κ3) is 4.72. The number of thiazole rings is 1. The summed E-state index contributed by atoms with van der Waals surface area (Å²) in [5.74, 6) is 0. The largest absolute Gasteiger partial charge is 0.331 e. The Labute approximate surface area is 155 Å². The van der Waals surface area contributed by atoms with Gasteiger partial charge in [0, 0.05) is 27.3 Å². The predicted octanol–water partition coefficient (Wildman–Crippen LogP) is 4.89. The number of rotatable bonds is 5. The van der Waals surface area contributed by atoms with Crippen molar-refractivity contribution < 1.29 is 8.42 Å². The van der Waals surface area contributed by atoms with Crippen molar-refractivity contribution in [2.75, 3.05) is 16.3 Å². The number of hydrogen-bond donors (Lipinski definition) is 2. The van der Waals surface area contributed by atoms with Gasteiger partial charge in [-0.1, -0.05) is 23.7 Å². The Hall–Kier alpha value is -2.09. The molecule has 0 fully saturated rings. The molecule has 0 atom stereocenters. The first-order valence-electron chi connectivity index (χ1n) is 7.37. The Balaban J connectivity index is 1.77. The van der Waals surface area contributed by atoms with Gasteiger partial charge in [0.15, 0.2) is 5.13 Å². The van der Waals surface area contributed by atoms with Gasteiger partial charge < -0.3 is 5.32 Å². The van der Waals surface area contributed by atoms with Crippen LogP contribution in [0.4, 0.5) is 16.5 Å². The summed E-state index contributed by atoms with van der Waals surface area (Å²) in [7, 11) is -3.28. The molecule has 25 heavy (non-hydrogen) atoms. The molecule has 0 saturated heterocycles. The summed E-state index contributed by atoms with van der Waals surface area (Å²) in [6.07, 6.45) is 1.12. The minimum Gasteiger partial charge on any atom is -0.331 e. The maximum Gasteiger partial charge on any atom is 0.229 e. The van der Waals surface area contributed by atoms with E-state index in [1.54, 1.807) is 12.1 Å². The van der Waals surface area contributed by atoms with Gasteiger partial charge in [0.05, 0.1) is 11.9 Å². The summed E-state index contributed by atoms with van der Waals surface area (Å²) in [6.45, 7) is 1.98. The monoisotopic (exact) mass is 393 g/mol. The molecule has 130 valence electrons. The number of aryl methyl sites for hydroxylation is 1. The zero-order valence-electron chi connectivity index (χ0n) is 13.6. The molecule has 2 N–H and O–H groups in total. The molecular weight excluding hydrogens is 378 g/mol. The lowest BCUT2D eigenvalue weighted by Crippen LogP contribution is -2.09. The van der Waals surface area contributed by atoms with Crippen molar-refractivity contribution in [2.24, 2.45) is 0 Å². The molecule has 0 aliphatic heterocycles. The van der Waals surface area contributed by atoms with Crippen LogP contribution in [0, 0.1) is 6.92 Å². The van der Waals surface area contributed by atoms with Crippen LogP contribution in [0.3, 0.4) is 0 Å². The zero-order valence-corrected chi connectivity index (χ0v) is 16.0. The maximum atomic E-state index is 11.2. The number of nitrogens with zero attached hydrogens (tertiary/aromatic N) is 1. The van der Waals surface area contributed by atoms with E-state index in [-0.39, 0.29) is 0 Å². The van der Waals surface area contributed by atoms with Gasteiger partial charge in [-0.2, -0.15) is 0 Å². The van der Waals surface area contributed by atoms with E-state index in [0.717, 1.165) is 33.9 Å². The summed E-state index contributed by atoms with van der Waals surface area (Å²) in [5, 5.41) is 6.72. The first kappa shape index (κ1) is 17.7. The molecule has 2 aromatic carbocycles. The summed E-state index contributed by atoms with van der Waals surface area (Å²) in [5.41, 5.74) is 4.26. The van der Waals surface area contributed by atoms with E-state index in [4.69, 9.17) is 11.6 Å². The van der Waals surface area contributed by atoms with Gasteiger partial charge in [-0.05, 0) is 42.8 Å². The molecule has 0 bridgehead atoms. The van der Waals surface area contributed by atoms with Gasteiger partial charge >= 0.3 is 0 Å². The summed E-state index contributed by atoms with van der Waals surface area (Å²) in [6, 6.07) is 12.7. The molecule has 8 heteroatoms. The molecule has 0 amide bonds. The standard InChI is InChI=1S/C17H16ClN3O2S2/c1-11-9-13(18)5-8-15(11)19-17-20-16(10-24-17)12-3-6-14(7-4-12)21-25(2,22)23/h3-10,21H,1-2H3,(H,19,20). The molecule has 5 nitrogen and oxygen atoms in total. The average Bonchev–Trinajstić information content (AvgIpc) is 2.98. The normalized spacial score (nSPS) is 11.3. The van der Waals surface area contributed by atoms with Crippen LogP contribution in [0.15, 0.2) is 47.8 Å². The van der Waals surface area contributed by atoms with Crippen molar-refractivity contribution >= 4 is 49.5 Å². The van der Waals surface area contributed by atoms with Crippen LogP contribution < -0.4 is 10.0 Å². The van der Waals surface area contributed by atoms with Crippen molar-refractivity contribution in [3.05, 3.63) is 58.4 Å². The van der Waals surface area contributed by atoms with Crippen molar-refractivity contribution in [2.45, 2.75) is 6.92 Å². The molecule has 0 aliphatic rings. The van der Waals surface area contributed by atoms with Gasteiger partial charge in [0.2, 0.25) is 10.0 Å². The lowest BCUT2D eigenvalue weighted by atomic mass is 10.1. The lowest BCUT2D eigenvalue weighted by Gasteiger charge is -2.07.